The monoisotopic (exact) mass is 461 g/mol. The molecular formula is C27H31N3O4. The van der Waals surface area contributed by atoms with Gasteiger partial charge in [-0.05, 0) is 61.3 Å². The summed E-state index contributed by atoms with van der Waals surface area (Å²) in [5.74, 6) is 2.83. The number of H-pyrrole nitrogens is 1. The number of benzene rings is 1. The highest BCUT2D eigenvalue weighted by Gasteiger charge is 2.62. The van der Waals surface area contributed by atoms with Gasteiger partial charge in [-0.15, -0.1) is 0 Å². The van der Waals surface area contributed by atoms with Gasteiger partial charge in [0.15, 0.2) is 0 Å². The molecule has 2 heterocycles. The number of amides is 2. The second kappa shape index (κ2) is 8.62. The van der Waals surface area contributed by atoms with E-state index in [1.807, 2.05) is 24.4 Å². The molecule has 1 aromatic carbocycles. The molecular weight excluding hydrogens is 430 g/mol. The largest absolute Gasteiger partial charge is 0.497 e. The standard InChI is InChI=1S/C27H31N3O4/c1-33-16-4-9-22-21(14-16)23(15-29-22)34-13-11-28-10-2-3-12-30-26(31)24-19-7-8-20(25(24)27(30)32)18-6-5-17(18)19/h4-9,14-15,17-20,24-25,28-29H,2-3,10-13H2,1H3. The lowest BCUT2D eigenvalue weighted by molar-refractivity contribution is -0.140. The van der Waals surface area contributed by atoms with Crippen molar-refractivity contribution >= 4 is 22.7 Å². The van der Waals surface area contributed by atoms with Crippen molar-refractivity contribution in [2.24, 2.45) is 35.5 Å². The molecule has 34 heavy (non-hydrogen) atoms. The third kappa shape index (κ3) is 3.36. The number of unbranched alkanes of at least 4 members (excludes halogenated alkanes) is 1. The lowest BCUT2D eigenvalue weighted by atomic mass is 9.50. The van der Waals surface area contributed by atoms with Gasteiger partial charge in [-0.1, -0.05) is 24.3 Å². The summed E-state index contributed by atoms with van der Waals surface area (Å²) in [5.41, 5.74) is 1.02. The van der Waals surface area contributed by atoms with Gasteiger partial charge in [-0.3, -0.25) is 14.5 Å². The van der Waals surface area contributed by atoms with E-state index in [-0.39, 0.29) is 35.5 Å². The first-order chi connectivity index (χ1) is 16.7. The normalized spacial score (nSPS) is 30.6. The third-order valence-corrected chi connectivity index (χ3v) is 8.14. The maximum atomic E-state index is 13.1. The number of imide groups is 1. The van der Waals surface area contributed by atoms with Gasteiger partial charge in [0, 0.05) is 30.2 Å². The third-order valence-electron chi connectivity index (χ3n) is 8.14. The Labute approximate surface area is 199 Å². The topological polar surface area (TPSA) is 83.7 Å². The van der Waals surface area contributed by atoms with Crippen molar-refractivity contribution in [2.75, 3.05) is 33.4 Å². The molecule has 1 saturated carbocycles. The number of carbonyl (C=O) groups is 2. The number of allylic oxidation sites excluding steroid dienone is 4. The lowest BCUT2D eigenvalue weighted by Gasteiger charge is -2.51. The first-order valence-electron chi connectivity index (χ1n) is 12.4. The highest BCUT2D eigenvalue weighted by molar-refractivity contribution is 6.06. The Morgan fingerprint density at radius 1 is 0.941 bits per heavy atom. The Morgan fingerprint density at radius 3 is 2.32 bits per heavy atom. The number of nitrogens with one attached hydrogen (secondary N) is 2. The average molecular weight is 462 g/mol. The maximum Gasteiger partial charge on any atom is 0.233 e. The second-order valence-electron chi connectivity index (χ2n) is 9.83. The molecule has 2 amide bonds. The van der Waals surface area contributed by atoms with Crippen molar-refractivity contribution in [3.63, 3.8) is 0 Å². The zero-order valence-corrected chi connectivity index (χ0v) is 19.4. The van der Waals surface area contributed by atoms with Crippen LogP contribution in [0.3, 0.4) is 0 Å². The van der Waals surface area contributed by atoms with E-state index in [2.05, 4.69) is 34.6 Å². The smallest absolute Gasteiger partial charge is 0.233 e. The molecule has 7 nitrogen and oxygen atoms in total. The number of nitrogens with zero attached hydrogens (tertiary/aromatic N) is 1. The summed E-state index contributed by atoms with van der Waals surface area (Å²) in [6.07, 6.45) is 12.5. The molecule has 0 spiro atoms. The van der Waals surface area contributed by atoms with Crippen molar-refractivity contribution in [3.8, 4) is 11.5 Å². The predicted octanol–water partition coefficient (Wildman–Crippen LogP) is 3.14. The van der Waals surface area contributed by atoms with E-state index in [0.29, 0.717) is 25.0 Å². The van der Waals surface area contributed by atoms with Crippen LogP contribution in [0.15, 0.2) is 48.7 Å². The zero-order valence-electron chi connectivity index (χ0n) is 19.4. The van der Waals surface area contributed by atoms with Crippen LogP contribution in [-0.4, -0.2) is 55.0 Å². The number of hydrogen-bond acceptors (Lipinski definition) is 5. The van der Waals surface area contributed by atoms with Crippen molar-refractivity contribution in [2.45, 2.75) is 12.8 Å². The van der Waals surface area contributed by atoms with Crippen molar-refractivity contribution in [1.82, 2.24) is 15.2 Å². The van der Waals surface area contributed by atoms with E-state index in [0.717, 1.165) is 48.3 Å². The molecule has 2 N–H and O–H groups in total. The predicted molar refractivity (Wildman–Crippen MR) is 128 cm³/mol. The molecule has 2 bridgehead atoms. The van der Waals surface area contributed by atoms with Gasteiger partial charge in [0.25, 0.3) is 0 Å². The van der Waals surface area contributed by atoms with Crippen LogP contribution in [0, 0.1) is 35.5 Å². The number of hydrogen-bond donors (Lipinski definition) is 2. The number of likely N-dealkylation sites (tertiary alicyclic amines) is 1. The fraction of sp³-hybridized carbons (Fsp3) is 0.481. The SMILES string of the molecule is COc1ccc2[nH]cc(OCCNCCCCN3C(=O)C4C5C=CC(C6C=CC65)C4C3=O)c2c1. The van der Waals surface area contributed by atoms with Gasteiger partial charge in [0.2, 0.25) is 11.8 Å². The number of aromatic nitrogens is 1. The first kappa shape index (κ1) is 21.5. The summed E-state index contributed by atoms with van der Waals surface area (Å²) in [6, 6.07) is 5.87. The number of ether oxygens (including phenoxy) is 2. The molecule has 2 aromatic rings. The number of carbonyl (C=O) groups excluding carboxylic acids is 2. The summed E-state index contributed by atoms with van der Waals surface area (Å²) >= 11 is 0. The summed E-state index contributed by atoms with van der Waals surface area (Å²) in [5, 5.41) is 4.40. The van der Waals surface area contributed by atoms with E-state index in [9.17, 15) is 9.59 Å². The Hall–Kier alpha value is -3.06. The summed E-state index contributed by atoms with van der Waals surface area (Å²) in [7, 11) is 1.66. The Balaban J connectivity index is 0.925. The van der Waals surface area contributed by atoms with Crippen LogP contribution in [0.4, 0.5) is 0 Å². The molecule has 2 fully saturated rings. The molecule has 1 aromatic heterocycles. The number of methoxy groups -OCH3 is 1. The van der Waals surface area contributed by atoms with Crippen molar-refractivity contribution in [1.29, 1.82) is 0 Å². The number of fused-ring (bicyclic) bond motifs is 1. The van der Waals surface area contributed by atoms with E-state index < -0.39 is 0 Å². The first-order valence-corrected chi connectivity index (χ1v) is 12.4. The average Bonchev–Trinajstić information content (AvgIpc) is 3.34. The minimum atomic E-state index is -0.131. The minimum Gasteiger partial charge on any atom is -0.497 e. The summed E-state index contributed by atoms with van der Waals surface area (Å²) in [4.78, 5) is 30.9. The molecule has 1 aliphatic heterocycles. The molecule has 178 valence electrons. The molecule has 1 saturated heterocycles. The van der Waals surface area contributed by atoms with Crippen LogP contribution in [0.5, 0.6) is 11.5 Å². The Bertz CT molecular complexity index is 1130. The van der Waals surface area contributed by atoms with Crippen molar-refractivity contribution < 1.29 is 19.1 Å². The zero-order chi connectivity index (χ0) is 23.2. The van der Waals surface area contributed by atoms with Crippen LogP contribution >= 0.6 is 0 Å². The molecule has 6 unspecified atom stereocenters. The molecule has 4 aliphatic carbocycles. The van der Waals surface area contributed by atoms with Gasteiger partial charge in [0.1, 0.15) is 18.1 Å². The highest BCUT2D eigenvalue weighted by Crippen LogP contribution is 2.58. The van der Waals surface area contributed by atoms with Gasteiger partial charge in [-0.2, -0.15) is 0 Å². The fourth-order valence-corrected chi connectivity index (χ4v) is 6.37. The summed E-state index contributed by atoms with van der Waals surface area (Å²) < 4.78 is 11.2. The van der Waals surface area contributed by atoms with Crippen LogP contribution in [-0.2, 0) is 9.59 Å². The molecule has 7 heteroatoms. The Morgan fingerprint density at radius 2 is 1.65 bits per heavy atom. The molecule has 5 aliphatic rings. The van der Waals surface area contributed by atoms with Crippen LogP contribution in [0.25, 0.3) is 10.9 Å². The fourth-order valence-electron chi connectivity index (χ4n) is 6.37. The molecule has 7 rings (SSSR count). The maximum absolute atomic E-state index is 13.1. The lowest BCUT2D eigenvalue weighted by Crippen LogP contribution is -2.50. The highest BCUT2D eigenvalue weighted by atomic mass is 16.5. The van der Waals surface area contributed by atoms with Gasteiger partial charge < -0.3 is 19.8 Å². The van der Waals surface area contributed by atoms with Gasteiger partial charge >= 0.3 is 0 Å². The van der Waals surface area contributed by atoms with E-state index in [4.69, 9.17) is 9.47 Å². The molecule has 0 radical (unpaired) electrons. The van der Waals surface area contributed by atoms with E-state index >= 15 is 0 Å². The number of rotatable bonds is 10. The number of aromatic amines is 1. The quantitative estimate of drug-likeness (QED) is 0.323. The molecule has 6 atom stereocenters. The van der Waals surface area contributed by atoms with Crippen molar-refractivity contribution in [3.05, 3.63) is 48.7 Å². The van der Waals surface area contributed by atoms with E-state index in [1.54, 1.807) is 12.0 Å². The van der Waals surface area contributed by atoms with Crippen LogP contribution in [0.1, 0.15) is 12.8 Å². The van der Waals surface area contributed by atoms with E-state index in [1.165, 1.54) is 0 Å². The van der Waals surface area contributed by atoms with Gasteiger partial charge in [-0.25, -0.2) is 0 Å². The second-order valence-corrected chi connectivity index (χ2v) is 9.83. The summed E-state index contributed by atoms with van der Waals surface area (Å²) in [6.45, 7) is 2.65. The Kier molecular flexibility index (Phi) is 5.44. The minimum absolute atomic E-state index is 0.0600. The van der Waals surface area contributed by atoms with Crippen LogP contribution in [0.2, 0.25) is 0 Å². The van der Waals surface area contributed by atoms with Crippen LogP contribution < -0.4 is 14.8 Å². The van der Waals surface area contributed by atoms with Gasteiger partial charge in [0.05, 0.1) is 18.9 Å².